The smallest absolute Gasteiger partial charge is 0.191 e. The molecule has 1 atom stereocenters. The lowest BCUT2D eigenvalue weighted by Gasteiger charge is -2.14. The lowest BCUT2D eigenvalue weighted by Crippen LogP contribution is -2.16. The highest BCUT2D eigenvalue weighted by molar-refractivity contribution is 7.98. The van der Waals surface area contributed by atoms with Gasteiger partial charge in [0, 0.05) is 24.8 Å². The molecule has 4 aromatic rings. The number of rotatable bonds is 6. The number of aromatic nitrogens is 5. The normalized spacial score (nSPS) is 17.0. The van der Waals surface area contributed by atoms with Crippen LogP contribution in [0.3, 0.4) is 0 Å². The van der Waals surface area contributed by atoms with Crippen LogP contribution in [0.15, 0.2) is 47.2 Å². The van der Waals surface area contributed by atoms with Crippen LogP contribution < -0.4 is 0 Å². The van der Waals surface area contributed by atoms with E-state index in [-0.39, 0.29) is 6.10 Å². The number of aryl methyl sites for hydroxylation is 1. The summed E-state index contributed by atoms with van der Waals surface area (Å²) in [5, 5.41) is 12.0. The van der Waals surface area contributed by atoms with Crippen molar-refractivity contribution in [2.75, 3.05) is 6.61 Å². The Kier molecular flexibility index (Phi) is 4.92. The molecule has 1 aliphatic heterocycles. The molecule has 4 aromatic heterocycles. The molecule has 28 heavy (non-hydrogen) atoms. The molecule has 6 nitrogen and oxygen atoms in total. The van der Waals surface area contributed by atoms with E-state index < -0.39 is 0 Å². The Bertz CT molecular complexity index is 1080. The van der Waals surface area contributed by atoms with Crippen LogP contribution in [0.25, 0.3) is 16.3 Å². The first-order valence-corrected chi connectivity index (χ1v) is 11.3. The summed E-state index contributed by atoms with van der Waals surface area (Å²) in [4.78, 5) is 5.92. The van der Waals surface area contributed by atoms with Gasteiger partial charge in [-0.25, -0.2) is 4.98 Å². The van der Waals surface area contributed by atoms with E-state index in [2.05, 4.69) is 55.9 Å². The van der Waals surface area contributed by atoms with Crippen LogP contribution in [-0.2, 0) is 17.0 Å². The molecule has 1 saturated heterocycles. The van der Waals surface area contributed by atoms with Gasteiger partial charge in [0.1, 0.15) is 5.65 Å². The molecular weight excluding hydrogens is 390 g/mol. The minimum absolute atomic E-state index is 0.243. The number of fused-ring (bicyclic) bond motifs is 1. The van der Waals surface area contributed by atoms with Crippen LogP contribution in [-0.4, -0.2) is 36.9 Å². The van der Waals surface area contributed by atoms with E-state index in [1.165, 1.54) is 5.56 Å². The first-order valence-electron chi connectivity index (χ1n) is 9.42. The van der Waals surface area contributed by atoms with Crippen molar-refractivity contribution in [3.63, 3.8) is 0 Å². The monoisotopic (exact) mass is 411 g/mol. The average molecular weight is 412 g/mol. The second kappa shape index (κ2) is 7.69. The van der Waals surface area contributed by atoms with E-state index in [1.807, 2.05) is 12.3 Å². The second-order valence-electron chi connectivity index (χ2n) is 6.97. The third-order valence-corrected chi connectivity index (χ3v) is 6.81. The van der Waals surface area contributed by atoms with Crippen molar-refractivity contribution in [3.8, 4) is 10.7 Å². The van der Waals surface area contributed by atoms with E-state index in [9.17, 15) is 0 Å². The maximum Gasteiger partial charge on any atom is 0.191 e. The Morgan fingerprint density at radius 1 is 1.29 bits per heavy atom. The van der Waals surface area contributed by atoms with Crippen molar-refractivity contribution < 1.29 is 4.74 Å². The van der Waals surface area contributed by atoms with Crippen molar-refractivity contribution >= 4 is 28.7 Å². The van der Waals surface area contributed by atoms with E-state index in [0.717, 1.165) is 58.9 Å². The maximum atomic E-state index is 5.87. The predicted octanol–water partition coefficient (Wildman–Crippen LogP) is 4.43. The molecule has 0 aromatic carbocycles. The summed E-state index contributed by atoms with van der Waals surface area (Å²) in [6, 6.07) is 8.29. The molecule has 1 aliphatic rings. The zero-order chi connectivity index (χ0) is 18.9. The van der Waals surface area contributed by atoms with Gasteiger partial charge in [-0.2, -0.15) is 0 Å². The molecular formula is C20H21N5OS2. The summed E-state index contributed by atoms with van der Waals surface area (Å²) in [5.74, 6) is 1.69. The predicted molar refractivity (Wildman–Crippen MR) is 112 cm³/mol. The molecule has 0 spiro atoms. The molecule has 8 heteroatoms. The van der Waals surface area contributed by atoms with E-state index in [4.69, 9.17) is 9.72 Å². The van der Waals surface area contributed by atoms with Crippen molar-refractivity contribution in [1.82, 2.24) is 24.1 Å². The lowest BCUT2D eigenvalue weighted by molar-refractivity contribution is 0.0953. The van der Waals surface area contributed by atoms with Gasteiger partial charge in [0.15, 0.2) is 11.0 Å². The third-order valence-electron chi connectivity index (χ3n) is 4.95. The Balaban J connectivity index is 1.41. The molecule has 5 heterocycles. The number of pyridine rings is 1. The minimum Gasteiger partial charge on any atom is -0.376 e. The third kappa shape index (κ3) is 3.47. The first-order chi connectivity index (χ1) is 13.8. The number of thiophene rings is 1. The highest BCUT2D eigenvalue weighted by Gasteiger charge is 2.22. The van der Waals surface area contributed by atoms with E-state index in [0.29, 0.717) is 0 Å². The minimum atomic E-state index is 0.243. The van der Waals surface area contributed by atoms with E-state index >= 15 is 0 Å². The number of ether oxygens (including phenoxy) is 1. The Morgan fingerprint density at radius 3 is 3.04 bits per heavy atom. The Morgan fingerprint density at radius 2 is 2.25 bits per heavy atom. The van der Waals surface area contributed by atoms with Crippen molar-refractivity contribution in [2.24, 2.45) is 0 Å². The highest BCUT2D eigenvalue weighted by atomic mass is 32.2. The van der Waals surface area contributed by atoms with Crippen molar-refractivity contribution in [3.05, 3.63) is 53.3 Å². The largest absolute Gasteiger partial charge is 0.376 e. The number of nitrogens with zero attached hydrogens (tertiary/aromatic N) is 5. The summed E-state index contributed by atoms with van der Waals surface area (Å²) in [6.45, 7) is 3.74. The van der Waals surface area contributed by atoms with Crippen LogP contribution in [0.2, 0.25) is 0 Å². The lowest BCUT2D eigenvalue weighted by atomic mass is 10.2. The van der Waals surface area contributed by atoms with Gasteiger partial charge in [-0.05, 0) is 42.8 Å². The van der Waals surface area contributed by atoms with Gasteiger partial charge in [0.25, 0.3) is 0 Å². The molecule has 0 saturated carbocycles. The number of hydrogen-bond donors (Lipinski definition) is 0. The molecule has 5 rings (SSSR count). The van der Waals surface area contributed by atoms with Crippen molar-refractivity contribution in [2.45, 2.75) is 43.3 Å². The topological polar surface area (TPSA) is 57.2 Å². The zero-order valence-corrected chi connectivity index (χ0v) is 17.2. The SMILES string of the molecule is Cc1cccn2cc(CSc3nnc(-c4cccs4)n3C[C@@H]3CCCO3)nc12. The zero-order valence-electron chi connectivity index (χ0n) is 15.6. The summed E-state index contributed by atoms with van der Waals surface area (Å²) >= 11 is 3.38. The number of hydrogen-bond acceptors (Lipinski definition) is 6. The fourth-order valence-corrected chi connectivity index (χ4v) is 5.10. The molecule has 0 radical (unpaired) electrons. The standard InChI is InChI=1S/C20H21N5OS2/c1-14-5-2-8-24-11-15(21-18(14)24)13-28-20-23-22-19(17-7-4-10-27-17)25(20)12-16-6-3-9-26-16/h2,4-5,7-8,10-11,16H,3,6,9,12-13H2,1H3/t16-/m0/s1. The Hall–Kier alpha value is -2.16. The number of thioether (sulfide) groups is 1. The van der Waals surface area contributed by atoms with Gasteiger partial charge >= 0.3 is 0 Å². The van der Waals surface area contributed by atoms with Crippen molar-refractivity contribution in [1.29, 1.82) is 0 Å². The first kappa shape index (κ1) is 17.9. The molecule has 0 N–H and O–H groups in total. The maximum absolute atomic E-state index is 5.87. The van der Waals surface area contributed by atoms with Gasteiger partial charge < -0.3 is 9.14 Å². The fourth-order valence-electron chi connectivity index (χ4n) is 3.55. The number of imidazole rings is 1. The van der Waals surface area contributed by atoms with Gasteiger partial charge in [-0.3, -0.25) is 4.57 Å². The van der Waals surface area contributed by atoms with Crippen LogP contribution in [0.5, 0.6) is 0 Å². The van der Waals surface area contributed by atoms with Crippen LogP contribution in [0.1, 0.15) is 24.1 Å². The average Bonchev–Trinajstić information content (AvgIpc) is 3.48. The summed E-state index contributed by atoms with van der Waals surface area (Å²) in [6.07, 6.45) is 6.60. The quantitative estimate of drug-likeness (QED) is 0.439. The molecule has 0 aliphatic carbocycles. The van der Waals surface area contributed by atoms with Gasteiger partial charge in [0.05, 0.1) is 23.2 Å². The molecule has 1 fully saturated rings. The molecule has 0 bridgehead atoms. The van der Waals surface area contributed by atoms with Gasteiger partial charge in [-0.1, -0.05) is 23.9 Å². The van der Waals surface area contributed by atoms with Crippen LogP contribution >= 0.6 is 23.1 Å². The van der Waals surface area contributed by atoms with Gasteiger partial charge in [0.2, 0.25) is 0 Å². The van der Waals surface area contributed by atoms with Gasteiger partial charge in [-0.15, -0.1) is 21.5 Å². The molecule has 0 unspecified atom stereocenters. The molecule has 144 valence electrons. The van der Waals surface area contributed by atoms with Crippen LogP contribution in [0, 0.1) is 6.92 Å². The summed E-state index contributed by atoms with van der Waals surface area (Å²) < 4.78 is 10.2. The second-order valence-corrected chi connectivity index (χ2v) is 8.86. The Labute approximate surface area is 171 Å². The fraction of sp³-hybridized carbons (Fsp3) is 0.350. The summed E-state index contributed by atoms with van der Waals surface area (Å²) in [5.41, 5.74) is 3.24. The highest BCUT2D eigenvalue weighted by Crippen LogP contribution is 2.30. The molecule has 0 amide bonds. The summed E-state index contributed by atoms with van der Waals surface area (Å²) in [7, 11) is 0. The van der Waals surface area contributed by atoms with E-state index in [1.54, 1.807) is 23.1 Å². The van der Waals surface area contributed by atoms with Crippen LogP contribution in [0.4, 0.5) is 0 Å².